The average molecular weight is 660 g/mol. The van der Waals surface area contributed by atoms with E-state index in [4.69, 9.17) is 11.0 Å². The van der Waals surface area contributed by atoms with Crippen LogP contribution >= 0.6 is 0 Å². The van der Waals surface area contributed by atoms with Gasteiger partial charge in [0.1, 0.15) is 0 Å². The van der Waals surface area contributed by atoms with Crippen LogP contribution in [0.4, 0.5) is 0 Å². The van der Waals surface area contributed by atoms with Crippen LogP contribution in [0.15, 0.2) is 194 Å². The molecular formula is C49H34N2. The van der Waals surface area contributed by atoms with Gasteiger partial charge in [0, 0.05) is 32.9 Å². The van der Waals surface area contributed by atoms with Gasteiger partial charge < -0.3 is 9.13 Å². The molecule has 240 valence electrons. The van der Waals surface area contributed by atoms with Crippen LogP contribution in [0.2, 0.25) is 0 Å². The maximum absolute atomic E-state index is 9.27. The molecule has 8 aromatic carbocycles. The molecule has 0 spiro atoms. The lowest BCUT2D eigenvalue weighted by molar-refractivity contribution is 1.15. The third-order valence-electron chi connectivity index (χ3n) is 9.79. The summed E-state index contributed by atoms with van der Waals surface area (Å²) in [4.78, 5) is 0. The van der Waals surface area contributed by atoms with Crippen molar-refractivity contribution in [1.82, 2.24) is 9.13 Å². The highest BCUT2D eigenvalue weighted by Gasteiger charge is 2.19. The summed E-state index contributed by atoms with van der Waals surface area (Å²) in [6.45, 7) is 0. The van der Waals surface area contributed by atoms with Gasteiger partial charge in [-0.2, -0.15) is 0 Å². The van der Waals surface area contributed by atoms with Crippen LogP contribution in [0, 0.1) is 0 Å². The Morgan fingerprint density at radius 2 is 1.02 bits per heavy atom. The number of rotatable bonds is 6. The molecule has 0 aliphatic carbocycles. The number of aromatic nitrogens is 2. The average Bonchev–Trinajstić information content (AvgIpc) is 3.80. The summed E-state index contributed by atoms with van der Waals surface area (Å²) in [5.74, 6) is 0. The largest absolute Gasteiger partial charge is 0.309 e. The monoisotopic (exact) mass is 659 g/mol. The first-order chi connectivity index (χ1) is 29.0. The van der Waals surface area contributed by atoms with Crippen molar-refractivity contribution in [2.75, 3.05) is 0 Å². The molecule has 0 aliphatic rings. The van der Waals surface area contributed by atoms with Gasteiger partial charge >= 0.3 is 0 Å². The molecule has 0 radical (unpaired) electrons. The van der Waals surface area contributed by atoms with Gasteiger partial charge in [-0.3, -0.25) is 0 Å². The lowest BCUT2D eigenvalue weighted by Gasteiger charge is -2.13. The van der Waals surface area contributed by atoms with E-state index < -0.39 is 42.3 Å². The maximum Gasteiger partial charge on any atom is 0.0629 e. The van der Waals surface area contributed by atoms with Crippen molar-refractivity contribution in [2.45, 2.75) is 6.42 Å². The first kappa shape index (κ1) is 21.4. The van der Waals surface area contributed by atoms with Crippen LogP contribution in [-0.2, 0) is 6.42 Å². The fraction of sp³-hybridized carbons (Fsp3) is 0.0204. The van der Waals surface area contributed by atoms with Crippen LogP contribution in [-0.4, -0.2) is 9.13 Å². The van der Waals surface area contributed by atoms with E-state index in [9.17, 15) is 1.37 Å². The first-order valence-electron chi connectivity index (χ1n) is 21.4. The van der Waals surface area contributed by atoms with E-state index in [2.05, 4.69) is 88.0 Å². The van der Waals surface area contributed by atoms with Crippen molar-refractivity contribution >= 4 is 43.6 Å². The zero-order valence-electron chi connectivity index (χ0n) is 36.4. The van der Waals surface area contributed by atoms with Crippen molar-refractivity contribution in [1.29, 1.82) is 0 Å². The minimum atomic E-state index is -0.527. The molecule has 0 N–H and O–H groups in total. The van der Waals surface area contributed by atoms with Crippen molar-refractivity contribution in [3.8, 4) is 33.6 Å². The van der Waals surface area contributed by atoms with E-state index >= 15 is 0 Å². The molecule has 0 saturated carbocycles. The lowest BCUT2D eigenvalue weighted by Crippen LogP contribution is -1.97. The number of para-hydroxylation sites is 2. The molecule has 0 saturated heterocycles. The molecule has 2 nitrogen and oxygen atoms in total. The highest BCUT2D eigenvalue weighted by molar-refractivity contribution is 6.16. The van der Waals surface area contributed by atoms with Crippen molar-refractivity contribution in [3.63, 3.8) is 0 Å². The fourth-order valence-corrected chi connectivity index (χ4v) is 7.56. The fourth-order valence-electron chi connectivity index (χ4n) is 7.56. The van der Waals surface area contributed by atoms with Crippen LogP contribution in [0.5, 0.6) is 0 Å². The third-order valence-corrected chi connectivity index (χ3v) is 9.79. The Balaban J connectivity index is 1.21. The molecule has 10 rings (SSSR count). The number of hydrogen-bond donors (Lipinski definition) is 0. The van der Waals surface area contributed by atoms with Crippen LogP contribution < -0.4 is 0 Å². The van der Waals surface area contributed by atoms with E-state index in [-0.39, 0.29) is 35.2 Å². The standard InChI is InChI=1S/C49H34N2/c1-3-14-34(15-4-1)32-37-18-7-8-19-40(37)43-22-13-25-47-49(43)44-21-10-12-24-46(44)51(47)39-30-31-42-41-20-9-11-23-45(41)50(48(42)33-39)38-28-26-36(27-29-38)35-16-5-2-6-17-35/h1-31,33H,32H2/i1D,3D,4D,7D,8D,14D,15D,18D,19D. The predicted octanol–water partition coefficient (Wildman–Crippen LogP) is 12.8. The van der Waals surface area contributed by atoms with E-state index in [1.165, 1.54) is 0 Å². The lowest BCUT2D eigenvalue weighted by atomic mass is 9.92. The molecule has 2 heterocycles. The number of hydrogen-bond acceptors (Lipinski definition) is 0. The number of benzene rings is 8. The van der Waals surface area contributed by atoms with E-state index in [1.54, 1.807) is 0 Å². The summed E-state index contributed by atoms with van der Waals surface area (Å²) in [7, 11) is 0. The minimum Gasteiger partial charge on any atom is -0.309 e. The highest BCUT2D eigenvalue weighted by atomic mass is 15.0. The zero-order chi connectivity index (χ0) is 41.6. The van der Waals surface area contributed by atoms with E-state index in [0.29, 0.717) is 5.56 Å². The van der Waals surface area contributed by atoms with E-state index in [1.807, 2.05) is 60.7 Å². The van der Waals surface area contributed by atoms with E-state index in [0.717, 1.165) is 66.1 Å². The molecule has 0 bridgehead atoms. The van der Waals surface area contributed by atoms with Gasteiger partial charge in [0.15, 0.2) is 0 Å². The topological polar surface area (TPSA) is 9.86 Å². The summed E-state index contributed by atoms with van der Waals surface area (Å²) < 4.78 is 82.2. The molecule has 0 unspecified atom stereocenters. The van der Waals surface area contributed by atoms with Crippen molar-refractivity contribution < 1.29 is 12.3 Å². The van der Waals surface area contributed by atoms with Crippen molar-refractivity contribution in [2.24, 2.45) is 0 Å². The number of fused-ring (bicyclic) bond motifs is 6. The Labute approximate surface area is 309 Å². The molecule has 2 heteroatoms. The van der Waals surface area contributed by atoms with Gasteiger partial charge in [-0.1, -0.05) is 151 Å². The molecule has 0 amide bonds. The number of nitrogens with zero attached hydrogens (tertiary/aromatic N) is 2. The first-order valence-corrected chi connectivity index (χ1v) is 16.9. The maximum atomic E-state index is 9.27. The van der Waals surface area contributed by atoms with Crippen LogP contribution in [0.1, 0.15) is 23.5 Å². The van der Waals surface area contributed by atoms with Gasteiger partial charge in [0.25, 0.3) is 0 Å². The molecule has 2 aromatic heterocycles. The Kier molecular flexibility index (Phi) is 5.07. The Morgan fingerprint density at radius 3 is 1.84 bits per heavy atom. The minimum absolute atomic E-state index is 0.0414. The predicted molar refractivity (Wildman–Crippen MR) is 215 cm³/mol. The Hall–Kier alpha value is -6.64. The summed E-state index contributed by atoms with van der Waals surface area (Å²) in [6, 6.07) is 43.6. The summed E-state index contributed by atoms with van der Waals surface area (Å²) in [5, 5.41) is 3.85. The van der Waals surface area contributed by atoms with Gasteiger partial charge in [-0.15, -0.1) is 0 Å². The van der Waals surface area contributed by atoms with Crippen LogP contribution in [0.3, 0.4) is 0 Å². The Morgan fingerprint density at radius 1 is 0.412 bits per heavy atom. The summed E-state index contributed by atoms with van der Waals surface area (Å²) in [5.41, 5.74) is 8.85. The van der Waals surface area contributed by atoms with Gasteiger partial charge in [0.05, 0.1) is 34.4 Å². The summed E-state index contributed by atoms with van der Waals surface area (Å²) in [6.07, 6.45) is -0.301. The zero-order valence-corrected chi connectivity index (χ0v) is 27.4. The molecule has 0 fully saturated rings. The molecule has 51 heavy (non-hydrogen) atoms. The molecular weight excluding hydrogens is 617 g/mol. The quantitative estimate of drug-likeness (QED) is 0.168. The SMILES string of the molecule is [2H]c1c([2H])c([2H])c(Cc2c([2H])c([2H])c([2H])c([2H])c2-c2cccc3c2c2ccccc2n3-c2ccc3c4ccccc4n(-c4ccc(-c5ccccc5)cc4)c3c2)c([2H])c1[2H]. The normalized spacial score (nSPS) is 14.1. The second-order valence-corrected chi connectivity index (χ2v) is 12.7. The third kappa shape index (κ3) is 4.87. The summed E-state index contributed by atoms with van der Waals surface area (Å²) >= 11 is 0. The smallest absolute Gasteiger partial charge is 0.0629 e. The second-order valence-electron chi connectivity index (χ2n) is 12.7. The van der Waals surface area contributed by atoms with Gasteiger partial charge in [-0.25, -0.2) is 0 Å². The molecule has 0 atom stereocenters. The van der Waals surface area contributed by atoms with Crippen LogP contribution in [0.25, 0.3) is 77.2 Å². The van der Waals surface area contributed by atoms with Gasteiger partial charge in [-0.05, 0) is 82.3 Å². The van der Waals surface area contributed by atoms with Crippen molar-refractivity contribution in [3.05, 3.63) is 205 Å². The Bertz CT molecular complexity index is 3360. The van der Waals surface area contributed by atoms with Gasteiger partial charge in [0.2, 0.25) is 0 Å². The highest BCUT2D eigenvalue weighted by Crippen LogP contribution is 2.41. The molecule has 10 aromatic rings. The molecule has 0 aliphatic heterocycles. The second kappa shape index (κ2) is 12.0.